The molecule has 0 bridgehead atoms. The van der Waals surface area contributed by atoms with E-state index >= 15 is 0 Å². The fraction of sp³-hybridized carbons (Fsp3) is 0.455. The van der Waals surface area contributed by atoms with Crippen LogP contribution in [0.15, 0.2) is 29.2 Å². The Balaban J connectivity index is 0.000000385. The van der Waals surface area contributed by atoms with Gasteiger partial charge in [-0.05, 0) is 32.1 Å². The molecule has 0 spiro atoms. The van der Waals surface area contributed by atoms with E-state index in [-0.39, 0.29) is 4.90 Å². The van der Waals surface area contributed by atoms with Crippen LogP contribution in [-0.2, 0) is 10.0 Å². The normalized spacial score (nSPS) is 10.5. The number of aryl methyl sites for hydroxylation is 1. The number of sulfonamides is 1. The van der Waals surface area contributed by atoms with Gasteiger partial charge < -0.3 is 5.32 Å². The van der Waals surface area contributed by atoms with Crippen LogP contribution >= 0.6 is 0 Å². The summed E-state index contributed by atoms with van der Waals surface area (Å²) in [5.74, 6) is 0. The van der Waals surface area contributed by atoms with Gasteiger partial charge in [0.15, 0.2) is 0 Å². The summed E-state index contributed by atoms with van der Waals surface area (Å²) in [6.07, 6.45) is 0. The molecule has 0 aliphatic rings. The van der Waals surface area contributed by atoms with Gasteiger partial charge in [-0.15, -0.1) is 0 Å². The highest BCUT2D eigenvalue weighted by Gasteiger charge is 2.04. The van der Waals surface area contributed by atoms with Gasteiger partial charge in [0.2, 0.25) is 10.0 Å². The standard InChI is InChI=1S/C7H9NO2S.C4H11N/c1-6-2-4-7(5-3-6)11(8,9)10;1-3-5-4-2/h2-5H,1H3,(H2,8,9,10);5H,3-4H2,1-2H3. The lowest BCUT2D eigenvalue weighted by atomic mass is 10.2. The number of primary sulfonamides is 1. The van der Waals surface area contributed by atoms with Crippen LogP contribution in [0.4, 0.5) is 0 Å². The Kier molecular flexibility index (Phi) is 6.96. The van der Waals surface area contributed by atoms with Gasteiger partial charge in [-0.3, -0.25) is 0 Å². The summed E-state index contributed by atoms with van der Waals surface area (Å²) in [7, 11) is -3.52. The molecule has 1 rings (SSSR count). The van der Waals surface area contributed by atoms with Crippen LogP contribution in [0.25, 0.3) is 0 Å². The molecule has 0 unspecified atom stereocenters. The monoisotopic (exact) mass is 244 g/mol. The summed E-state index contributed by atoms with van der Waals surface area (Å²) in [4.78, 5) is 0.156. The maximum atomic E-state index is 10.7. The highest BCUT2D eigenvalue weighted by Crippen LogP contribution is 2.06. The van der Waals surface area contributed by atoms with Crippen molar-refractivity contribution in [3.8, 4) is 0 Å². The zero-order valence-electron chi connectivity index (χ0n) is 10.0. The number of benzene rings is 1. The summed E-state index contributed by atoms with van der Waals surface area (Å²) in [5.41, 5.74) is 1.01. The lowest BCUT2D eigenvalue weighted by Crippen LogP contribution is -2.11. The first-order valence-electron chi connectivity index (χ1n) is 5.22. The number of nitrogens with two attached hydrogens (primary N) is 1. The molecule has 0 aliphatic heterocycles. The average molecular weight is 244 g/mol. The van der Waals surface area contributed by atoms with Gasteiger partial charge in [0.05, 0.1) is 4.90 Å². The Hall–Kier alpha value is -0.910. The average Bonchev–Trinajstić information content (AvgIpc) is 2.19. The molecule has 0 amide bonds. The van der Waals surface area contributed by atoms with Crippen LogP contribution in [0, 0.1) is 6.92 Å². The predicted molar refractivity (Wildman–Crippen MR) is 66.8 cm³/mol. The molecule has 5 heteroatoms. The van der Waals surface area contributed by atoms with Crippen molar-refractivity contribution in [2.75, 3.05) is 13.1 Å². The van der Waals surface area contributed by atoms with Gasteiger partial charge in [0.1, 0.15) is 0 Å². The van der Waals surface area contributed by atoms with Crippen LogP contribution in [0.2, 0.25) is 0 Å². The smallest absolute Gasteiger partial charge is 0.238 e. The molecule has 0 fully saturated rings. The van der Waals surface area contributed by atoms with Crippen molar-refractivity contribution in [3.63, 3.8) is 0 Å². The van der Waals surface area contributed by atoms with Crippen molar-refractivity contribution in [2.45, 2.75) is 25.7 Å². The van der Waals surface area contributed by atoms with Crippen molar-refractivity contribution in [3.05, 3.63) is 29.8 Å². The van der Waals surface area contributed by atoms with Crippen molar-refractivity contribution >= 4 is 10.0 Å². The van der Waals surface area contributed by atoms with E-state index in [0.29, 0.717) is 0 Å². The van der Waals surface area contributed by atoms with E-state index < -0.39 is 10.0 Å². The minimum absolute atomic E-state index is 0.156. The molecular formula is C11H20N2O2S. The van der Waals surface area contributed by atoms with E-state index in [1.54, 1.807) is 12.1 Å². The third-order valence-electron chi connectivity index (χ3n) is 1.85. The van der Waals surface area contributed by atoms with Gasteiger partial charge in [-0.25, -0.2) is 13.6 Å². The molecule has 16 heavy (non-hydrogen) atoms. The lowest BCUT2D eigenvalue weighted by molar-refractivity contribution is 0.598. The topological polar surface area (TPSA) is 72.2 Å². The van der Waals surface area contributed by atoms with Gasteiger partial charge in [0.25, 0.3) is 0 Å². The van der Waals surface area contributed by atoms with E-state index in [0.717, 1.165) is 18.7 Å². The van der Waals surface area contributed by atoms with Crippen LogP contribution in [0.3, 0.4) is 0 Å². The van der Waals surface area contributed by atoms with E-state index in [9.17, 15) is 8.42 Å². The predicted octanol–water partition coefficient (Wildman–Crippen LogP) is 1.26. The summed E-state index contributed by atoms with van der Waals surface area (Å²) in [6, 6.07) is 6.40. The Morgan fingerprint density at radius 3 is 1.81 bits per heavy atom. The van der Waals surface area contributed by atoms with E-state index in [1.807, 2.05) is 6.92 Å². The number of nitrogens with one attached hydrogen (secondary N) is 1. The molecule has 0 aliphatic carbocycles. The molecular weight excluding hydrogens is 224 g/mol. The first-order chi connectivity index (χ1) is 7.41. The molecule has 0 heterocycles. The number of hydrogen-bond donors (Lipinski definition) is 2. The highest BCUT2D eigenvalue weighted by molar-refractivity contribution is 7.89. The maximum Gasteiger partial charge on any atom is 0.238 e. The number of hydrogen-bond acceptors (Lipinski definition) is 3. The zero-order chi connectivity index (χ0) is 12.6. The molecule has 0 saturated heterocycles. The van der Waals surface area contributed by atoms with E-state index in [1.165, 1.54) is 12.1 Å². The van der Waals surface area contributed by atoms with E-state index in [4.69, 9.17) is 5.14 Å². The molecule has 0 radical (unpaired) electrons. The van der Waals surface area contributed by atoms with Crippen molar-refractivity contribution < 1.29 is 8.42 Å². The van der Waals surface area contributed by atoms with Crippen LogP contribution in [-0.4, -0.2) is 21.5 Å². The molecule has 3 N–H and O–H groups in total. The van der Waals surface area contributed by atoms with Crippen LogP contribution in [0.5, 0.6) is 0 Å². The zero-order valence-corrected chi connectivity index (χ0v) is 10.8. The molecule has 1 aromatic carbocycles. The maximum absolute atomic E-state index is 10.7. The summed E-state index contributed by atoms with van der Waals surface area (Å²) < 4.78 is 21.4. The quantitative estimate of drug-likeness (QED) is 0.840. The Labute approximate surface area is 97.9 Å². The highest BCUT2D eigenvalue weighted by atomic mass is 32.2. The first-order valence-corrected chi connectivity index (χ1v) is 6.76. The SMILES string of the molecule is CCNCC.Cc1ccc(S(N)(=O)=O)cc1. The Morgan fingerprint density at radius 2 is 1.56 bits per heavy atom. The van der Waals surface area contributed by atoms with Gasteiger partial charge in [0, 0.05) is 0 Å². The second kappa shape index (κ2) is 7.38. The first kappa shape index (κ1) is 15.1. The van der Waals surface area contributed by atoms with Gasteiger partial charge in [-0.2, -0.15) is 0 Å². The van der Waals surface area contributed by atoms with Gasteiger partial charge >= 0.3 is 0 Å². The fourth-order valence-corrected chi connectivity index (χ4v) is 1.49. The molecule has 0 saturated carbocycles. The van der Waals surface area contributed by atoms with Crippen LogP contribution < -0.4 is 10.5 Å². The van der Waals surface area contributed by atoms with Crippen molar-refractivity contribution in [1.82, 2.24) is 5.32 Å². The third-order valence-corrected chi connectivity index (χ3v) is 2.78. The number of rotatable bonds is 3. The summed E-state index contributed by atoms with van der Waals surface area (Å²) in [6.45, 7) is 8.27. The second-order valence-electron chi connectivity index (χ2n) is 3.32. The minimum atomic E-state index is -3.52. The second-order valence-corrected chi connectivity index (χ2v) is 4.88. The Morgan fingerprint density at radius 1 is 1.12 bits per heavy atom. The Bertz CT molecular complexity index is 383. The van der Waals surface area contributed by atoms with E-state index in [2.05, 4.69) is 19.2 Å². The molecule has 1 aromatic rings. The molecule has 4 nitrogen and oxygen atoms in total. The largest absolute Gasteiger partial charge is 0.317 e. The van der Waals surface area contributed by atoms with Crippen molar-refractivity contribution in [2.24, 2.45) is 5.14 Å². The van der Waals surface area contributed by atoms with Crippen LogP contribution in [0.1, 0.15) is 19.4 Å². The summed E-state index contributed by atoms with van der Waals surface area (Å²) in [5, 5.41) is 7.99. The lowest BCUT2D eigenvalue weighted by Gasteiger charge is -1.96. The minimum Gasteiger partial charge on any atom is -0.317 e. The molecule has 0 atom stereocenters. The van der Waals surface area contributed by atoms with Gasteiger partial charge in [-0.1, -0.05) is 31.5 Å². The fourth-order valence-electron chi connectivity index (χ4n) is 0.978. The summed E-state index contributed by atoms with van der Waals surface area (Å²) >= 11 is 0. The molecule has 92 valence electrons. The molecule has 0 aromatic heterocycles. The van der Waals surface area contributed by atoms with Crippen molar-refractivity contribution in [1.29, 1.82) is 0 Å². The third kappa shape index (κ3) is 6.55.